The molecule has 3 N–H and O–H groups in total. The zero-order chi connectivity index (χ0) is 17.6. The molecule has 2 heterocycles. The van der Waals surface area contributed by atoms with E-state index in [9.17, 15) is 9.90 Å². The number of fused-ring (bicyclic) bond motifs is 1. The smallest absolute Gasteiger partial charge is 0.325 e. The molecule has 0 amide bonds. The predicted molar refractivity (Wildman–Crippen MR) is 94.6 cm³/mol. The maximum Gasteiger partial charge on any atom is 0.325 e. The molecular formula is C18H25N3O4. The van der Waals surface area contributed by atoms with Gasteiger partial charge in [-0.1, -0.05) is 18.2 Å². The number of aliphatic carboxylic acids is 1. The number of carboxylic acids is 1. The first-order chi connectivity index (χ1) is 12.2. The molecule has 0 radical (unpaired) electrons. The number of H-pyrrole nitrogens is 1. The van der Waals surface area contributed by atoms with Crippen LogP contribution < -0.4 is 0 Å². The van der Waals surface area contributed by atoms with E-state index in [1.807, 2.05) is 35.4 Å². The van der Waals surface area contributed by atoms with Crippen LogP contribution in [0.1, 0.15) is 11.6 Å². The van der Waals surface area contributed by atoms with Crippen molar-refractivity contribution < 1.29 is 19.7 Å². The molecule has 1 aliphatic rings. The number of aliphatic hydroxyl groups excluding tert-OH is 1. The van der Waals surface area contributed by atoms with Crippen LogP contribution >= 0.6 is 0 Å². The van der Waals surface area contributed by atoms with Gasteiger partial charge in [-0.15, -0.1) is 0 Å². The molecule has 0 bridgehead atoms. The lowest BCUT2D eigenvalue weighted by Crippen LogP contribution is -2.49. The fraction of sp³-hybridized carbons (Fsp3) is 0.500. The number of aromatic amines is 1. The van der Waals surface area contributed by atoms with E-state index in [1.165, 1.54) is 0 Å². The SMILES string of the molecule is O=C(O)[C@H](c1c[nH]c2ccccc12)N1CCN(CCOCCO)CC1. The number of nitrogens with zero attached hydrogens (tertiary/aromatic N) is 2. The topological polar surface area (TPSA) is 89.0 Å². The number of aliphatic hydroxyl groups is 1. The third kappa shape index (κ3) is 4.19. The van der Waals surface area contributed by atoms with E-state index < -0.39 is 12.0 Å². The zero-order valence-corrected chi connectivity index (χ0v) is 14.2. The number of benzene rings is 1. The monoisotopic (exact) mass is 347 g/mol. The highest BCUT2D eigenvalue weighted by Crippen LogP contribution is 2.29. The van der Waals surface area contributed by atoms with Crippen LogP contribution in [-0.2, 0) is 9.53 Å². The summed E-state index contributed by atoms with van der Waals surface area (Å²) in [5, 5.41) is 19.5. The quantitative estimate of drug-likeness (QED) is 0.616. The number of hydrogen-bond acceptors (Lipinski definition) is 5. The number of nitrogens with one attached hydrogen (secondary N) is 1. The Hall–Kier alpha value is -1.93. The Labute approximate surface area is 146 Å². The molecule has 0 saturated carbocycles. The lowest BCUT2D eigenvalue weighted by Gasteiger charge is -2.37. The van der Waals surface area contributed by atoms with E-state index in [1.54, 1.807) is 0 Å². The third-order valence-electron chi connectivity index (χ3n) is 4.71. The number of carboxylic acid groups (broad SMARTS) is 1. The molecule has 1 aliphatic heterocycles. The van der Waals surface area contributed by atoms with Gasteiger partial charge in [-0.3, -0.25) is 14.6 Å². The summed E-state index contributed by atoms with van der Waals surface area (Å²) in [4.78, 5) is 19.4. The lowest BCUT2D eigenvalue weighted by atomic mass is 10.0. The van der Waals surface area contributed by atoms with E-state index in [4.69, 9.17) is 9.84 Å². The predicted octanol–water partition coefficient (Wildman–Crippen LogP) is 0.920. The molecule has 1 saturated heterocycles. The molecule has 7 nitrogen and oxygen atoms in total. The Kier molecular flexibility index (Phi) is 6.04. The normalized spacial score (nSPS) is 17.8. The number of para-hydroxylation sites is 1. The fourth-order valence-corrected chi connectivity index (χ4v) is 3.41. The van der Waals surface area contributed by atoms with E-state index in [0.717, 1.165) is 36.1 Å². The number of carbonyl (C=O) groups is 1. The molecule has 0 unspecified atom stereocenters. The first-order valence-corrected chi connectivity index (χ1v) is 8.64. The van der Waals surface area contributed by atoms with Crippen LogP contribution in [0.2, 0.25) is 0 Å². The highest BCUT2D eigenvalue weighted by atomic mass is 16.5. The van der Waals surface area contributed by atoms with Crippen molar-refractivity contribution in [1.29, 1.82) is 0 Å². The second-order valence-electron chi connectivity index (χ2n) is 6.24. The van der Waals surface area contributed by atoms with Crippen molar-refractivity contribution in [2.24, 2.45) is 0 Å². The van der Waals surface area contributed by atoms with Gasteiger partial charge >= 0.3 is 5.97 Å². The minimum atomic E-state index is -0.815. The number of aromatic nitrogens is 1. The molecule has 0 aliphatic carbocycles. The summed E-state index contributed by atoms with van der Waals surface area (Å²) in [5.41, 5.74) is 1.78. The van der Waals surface area contributed by atoms with Crippen molar-refractivity contribution in [3.63, 3.8) is 0 Å². The molecule has 1 aromatic carbocycles. The van der Waals surface area contributed by atoms with Gasteiger partial charge in [0, 0.05) is 55.4 Å². The van der Waals surface area contributed by atoms with Crippen LogP contribution in [0.4, 0.5) is 0 Å². The van der Waals surface area contributed by atoms with E-state index in [-0.39, 0.29) is 6.61 Å². The van der Waals surface area contributed by atoms with Gasteiger partial charge in [0.05, 0.1) is 19.8 Å². The van der Waals surface area contributed by atoms with Gasteiger partial charge in [0.15, 0.2) is 0 Å². The van der Waals surface area contributed by atoms with E-state index in [2.05, 4.69) is 9.88 Å². The number of hydrogen-bond donors (Lipinski definition) is 3. The maximum atomic E-state index is 12.0. The summed E-state index contributed by atoms with van der Waals surface area (Å²) in [7, 11) is 0. The minimum absolute atomic E-state index is 0.0404. The average molecular weight is 347 g/mol. The molecule has 25 heavy (non-hydrogen) atoms. The summed E-state index contributed by atoms with van der Waals surface area (Å²) in [6.07, 6.45) is 1.82. The largest absolute Gasteiger partial charge is 0.480 e. The van der Waals surface area contributed by atoms with Crippen LogP contribution in [0.25, 0.3) is 10.9 Å². The Balaban J connectivity index is 1.64. The van der Waals surface area contributed by atoms with Gasteiger partial charge < -0.3 is 19.9 Å². The Morgan fingerprint density at radius 1 is 1.20 bits per heavy atom. The summed E-state index contributed by atoms with van der Waals surface area (Å²) in [6, 6.07) is 7.16. The van der Waals surface area contributed by atoms with Gasteiger partial charge in [0.25, 0.3) is 0 Å². The van der Waals surface area contributed by atoms with Gasteiger partial charge in [0.1, 0.15) is 6.04 Å². The van der Waals surface area contributed by atoms with Crippen LogP contribution in [0.15, 0.2) is 30.5 Å². The zero-order valence-electron chi connectivity index (χ0n) is 14.2. The van der Waals surface area contributed by atoms with Gasteiger partial charge in [-0.05, 0) is 6.07 Å². The van der Waals surface area contributed by atoms with E-state index >= 15 is 0 Å². The molecule has 1 aromatic heterocycles. The lowest BCUT2D eigenvalue weighted by molar-refractivity contribution is -0.144. The standard InChI is InChI=1S/C18H25N3O4/c22-10-12-25-11-9-20-5-7-21(8-6-20)17(18(23)24)15-13-19-16-4-2-1-3-14(15)16/h1-4,13,17,19,22H,5-12H2,(H,23,24)/t17-/m0/s1. The Morgan fingerprint density at radius 3 is 2.68 bits per heavy atom. The third-order valence-corrected chi connectivity index (χ3v) is 4.71. The second kappa shape index (κ2) is 8.44. The molecular weight excluding hydrogens is 322 g/mol. The van der Waals surface area contributed by atoms with Crippen LogP contribution in [0, 0.1) is 0 Å². The molecule has 2 aromatic rings. The fourth-order valence-electron chi connectivity index (χ4n) is 3.41. The van der Waals surface area contributed by atoms with Crippen molar-refractivity contribution in [2.75, 3.05) is 52.5 Å². The average Bonchev–Trinajstić information content (AvgIpc) is 3.04. The Bertz CT molecular complexity index is 694. The van der Waals surface area contributed by atoms with Crippen LogP contribution in [-0.4, -0.2) is 83.5 Å². The summed E-state index contributed by atoms with van der Waals surface area (Å²) < 4.78 is 5.30. The minimum Gasteiger partial charge on any atom is -0.480 e. The maximum absolute atomic E-state index is 12.0. The summed E-state index contributed by atoms with van der Waals surface area (Å²) >= 11 is 0. The molecule has 3 rings (SSSR count). The van der Waals surface area contributed by atoms with Crippen molar-refractivity contribution in [1.82, 2.24) is 14.8 Å². The highest BCUT2D eigenvalue weighted by Gasteiger charge is 2.31. The van der Waals surface area contributed by atoms with Crippen molar-refractivity contribution in [2.45, 2.75) is 6.04 Å². The molecule has 0 spiro atoms. The van der Waals surface area contributed by atoms with E-state index in [0.29, 0.717) is 26.3 Å². The van der Waals surface area contributed by atoms with Crippen LogP contribution in [0.5, 0.6) is 0 Å². The molecule has 1 fully saturated rings. The number of rotatable bonds is 8. The number of ether oxygens (including phenoxy) is 1. The molecule has 7 heteroatoms. The van der Waals surface area contributed by atoms with Crippen molar-refractivity contribution in [3.05, 3.63) is 36.0 Å². The van der Waals surface area contributed by atoms with Crippen molar-refractivity contribution in [3.8, 4) is 0 Å². The van der Waals surface area contributed by atoms with Crippen molar-refractivity contribution >= 4 is 16.9 Å². The summed E-state index contributed by atoms with van der Waals surface area (Å²) in [6.45, 7) is 4.83. The van der Waals surface area contributed by atoms with Gasteiger partial charge in [-0.25, -0.2) is 0 Å². The van der Waals surface area contributed by atoms with Crippen LogP contribution in [0.3, 0.4) is 0 Å². The Morgan fingerprint density at radius 2 is 1.96 bits per heavy atom. The highest BCUT2D eigenvalue weighted by molar-refractivity contribution is 5.89. The number of piperazine rings is 1. The van der Waals surface area contributed by atoms with Gasteiger partial charge in [-0.2, -0.15) is 0 Å². The molecule has 136 valence electrons. The summed E-state index contributed by atoms with van der Waals surface area (Å²) in [5.74, 6) is -0.815. The molecule has 1 atom stereocenters. The second-order valence-corrected chi connectivity index (χ2v) is 6.24. The first-order valence-electron chi connectivity index (χ1n) is 8.64. The van der Waals surface area contributed by atoms with Gasteiger partial charge in [0.2, 0.25) is 0 Å². The first kappa shape index (κ1) is 17.9.